The molecule has 1 aromatic heterocycles. The molecule has 2 atom stereocenters. The molecule has 2 unspecified atom stereocenters. The Bertz CT molecular complexity index is 331. The van der Waals surface area contributed by atoms with Gasteiger partial charge in [0, 0.05) is 32.3 Å². The van der Waals surface area contributed by atoms with Crippen molar-refractivity contribution in [2.75, 3.05) is 23.8 Å². The van der Waals surface area contributed by atoms with E-state index >= 15 is 0 Å². The summed E-state index contributed by atoms with van der Waals surface area (Å²) in [6.07, 6.45) is 1.21. The maximum Gasteiger partial charge on any atom is 0.0543 e. The molecular formula is C13H21NS3. The molecular weight excluding hydrogens is 266 g/mol. The molecule has 0 radical (unpaired) electrons. The second-order valence-electron chi connectivity index (χ2n) is 4.36. The van der Waals surface area contributed by atoms with Gasteiger partial charge in [0.1, 0.15) is 0 Å². The Hall–Kier alpha value is 0.360. The number of hydrogen-bond acceptors (Lipinski definition) is 4. The summed E-state index contributed by atoms with van der Waals surface area (Å²) in [5.41, 5.74) is 0. The smallest absolute Gasteiger partial charge is 0.0543 e. The maximum atomic E-state index is 3.74. The first-order chi connectivity index (χ1) is 8.31. The zero-order valence-corrected chi connectivity index (χ0v) is 13.0. The van der Waals surface area contributed by atoms with Gasteiger partial charge in [0.2, 0.25) is 0 Å². The van der Waals surface area contributed by atoms with E-state index in [2.05, 4.69) is 54.8 Å². The van der Waals surface area contributed by atoms with E-state index in [0.717, 1.165) is 11.8 Å². The Labute approximate surface area is 117 Å². The molecule has 0 amide bonds. The first kappa shape index (κ1) is 13.8. The topological polar surface area (TPSA) is 12.0 Å². The zero-order valence-electron chi connectivity index (χ0n) is 10.6. The van der Waals surface area contributed by atoms with E-state index in [1.807, 2.05) is 11.3 Å². The summed E-state index contributed by atoms with van der Waals surface area (Å²) >= 11 is 6.21. The summed E-state index contributed by atoms with van der Waals surface area (Å²) in [5, 5.41) is 4.49. The van der Waals surface area contributed by atoms with E-state index in [1.54, 1.807) is 0 Å². The van der Waals surface area contributed by atoms with Crippen molar-refractivity contribution in [2.45, 2.75) is 31.6 Å². The van der Waals surface area contributed by atoms with Crippen molar-refractivity contribution in [3.8, 4) is 0 Å². The summed E-state index contributed by atoms with van der Waals surface area (Å²) in [7, 11) is 0. The highest BCUT2D eigenvalue weighted by Gasteiger charge is 2.26. The lowest BCUT2D eigenvalue weighted by Crippen LogP contribution is -2.33. The fourth-order valence-electron chi connectivity index (χ4n) is 2.03. The van der Waals surface area contributed by atoms with Crippen LogP contribution in [-0.4, -0.2) is 29.1 Å². The van der Waals surface area contributed by atoms with Crippen molar-refractivity contribution in [3.63, 3.8) is 0 Å². The molecule has 2 heterocycles. The van der Waals surface area contributed by atoms with Crippen LogP contribution in [0.4, 0.5) is 0 Å². The number of thiophene rings is 1. The van der Waals surface area contributed by atoms with E-state index in [1.165, 1.54) is 33.4 Å². The SMILES string of the molecule is CCCNC(c1ccc(C)s1)C1CSCCS1. The maximum absolute atomic E-state index is 3.74. The van der Waals surface area contributed by atoms with Gasteiger partial charge >= 0.3 is 0 Å². The Kier molecular flexibility index (Phi) is 5.74. The van der Waals surface area contributed by atoms with Crippen LogP contribution in [0, 0.1) is 6.92 Å². The lowest BCUT2D eigenvalue weighted by molar-refractivity contribution is 0.537. The molecule has 1 aliphatic heterocycles. The zero-order chi connectivity index (χ0) is 12.1. The molecule has 0 spiro atoms. The first-order valence-corrected chi connectivity index (χ1v) is 9.32. The second-order valence-corrected chi connectivity index (χ2v) is 8.18. The van der Waals surface area contributed by atoms with E-state index in [0.29, 0.717) is 6.04 Å². The molecule has 96 valence electrons. The van der Waals surface area contributed by atoms with Crippen molar-refractivity contribution in [1.82, 2.24) is 5.32 Å². The van der Waals surface area contributed by atoms with Crippen LogP contribution in [0.25, 0.3) is 0 Å². The van der Waals surface area contributed by atoms with Crippen molar-refractivity contribution < 1.29 is 0 Å². The molecule has 1 saturated heterocycles. The highest BCUT2D eigenvalue weighted by Crippen LogP contribution is 2.36. The van der Waals surface area contributed by atoms with E-state index in [-0.39, 0.29) is 0 Å². The van der Waals surface area contributed by atoms with Gasteiger partial charge in [-0.1, -0.05) is 6.92 Å². The third-order valence-electron chi connectivity index (χ3n) is 2.90. The van der Waals surface area contributed by atoms with Crippen LogP contribution in [-0.2, 0) is 0 Å². The summed E-state index contributed by atoms with van der Waals surface area (Å²) in [5.74, 6) is 3.93. The van der Waals surface area contributed by atoms with Gasteiger partial charge in [-0.3, -0.25) is 0 Å². The summed E-state index contributed by atoms with van der Waals surface area (Å²) in [6.45, 7) is 5.57. The van der Waals surface area contributed by atoms with Gasteiger partial charge < -0.3 is 5.32 Å². The Morgan fingerprint density at radius 2 is 2.29 bits per heavy atom. The minimum atomic E-state index is 0.562. The minimum absolute atomic E-state index is 0.562. The molecule has 1 fully saturated rings. The molecule has 0 saturated carbocycles. The Morgan fingerprint density at radius 1 is 1.41 bits per heavy atom. The number of rotatable bonds is 5. The van der Waals surface area contributed by atoms with Gasteiger partial charge in [-0.15, -0.1) is 11.3 Å². The number of aryl methyl sites for hydroxylation is 1. The molecule has 17 heavy (non-hydrogen) atoms. The van der Waals surface area contributed by atoms with Crippen LogP contribution in [0.1, 0.15) is 29.1 Å². The predicted octanol–water partition coefficient (Wildman–Crippen LogP) is 3.95. The van der Waals surface area contributed by atoms with Crippen molar-refractivity contribution in [3.05, 3.63) is 21.9 Å². The predicted molar refractivity (Wildman–Crippen MR) is 83.7 cm³/mol. The van der Waals surface area contributed by atoms with Gasteiger partial charge in [0.25, 0.3) is 0 Å². The Balaban J connectivity index is 2.06. The molecule has 0 aliphatic carbocycles. The molecule has 1 nitrogen and oxygen atoms in total. The molecule has 2 rings (SSSR count). The first-order valence-electron chi connectivity index (χ1n) is 6.30. The molecule has 0 aromatic carbocycles. The van der Waals surface area contributed by atoms with Gasteiger partial charge in [-0.25, -0.2) is 0 Å². The van der Waals surface area contributed by atoms with E-state index in [9.17, 15) is 0 Å². The number of thioether (sulfide) groups is 2. The number of nitrogens with one attached hydrogen (secondary N) is 1. The van der Waals surface area contributed by atoms with Gasteiger partial charge in [-0.05, 0) is 32.0 Å². The summed E-state index contributed by atoms with van der Waals surface area (Å²) in [6, 6.07) is 5.13. The van der Waals surface area contributed by atoms with E-state index < -0.39 is 0 Å². The fourth-order valence-corrected chi connectivity index (χ4v) is 6.00. The van der Waals surface area contributed by atoms with E-state index in [4.69, 9.17) is 0 Å². The third kappa shape index (κ3) is 3.91. The second kappa shape index (κ2) is 7.07. The van der Waals surface area contributed by atoms with Crippen molar-refractivity contribution in [2.24, 2.45) is 0 Å². The molecule has 0 bridgehead atoms. The summed E-state index contributed by atoms with van der Waals surface area (Å²) in [4.78, 5) is 2.95. The quantitative estimate of drug-likeness (QED) is 0.881. The minimum Gasteiger partial charge on any atom is -0.308 e. The Morgan fingerprint density at radius 3 is 2.88 bits per heavy atom. The third-order valence-corrected chi connectivity index (χ3v) is 6.84. The van der Waals surface area contributed by atoms with Crippen LogP contribution < -0.4 is 5.32 Å². The standard InChI is InChI=1S/C13H21NS3/c1-3-6-14-13(11-5-4-10(2)17-11)12-9-15-7-8-16-12/h4-5,12-14H,3,6-9H2,1-2H3. The van der Waals surface area contributed by atoms with Gasteiger partial charge in [0.05, 0.1) is 6.04 Å². The monoisotopic (exact) mass is 287 g/mol. The number of hydrogen-bond donors (Lipinski definition) is 1. The van der Waals surface area contributed by atoms with Crippen molar-refractivity contribution in [1.29, 1.82) is 0 Å². The van der Waals surface area contributed by atoms with Crippen molar-refractivity contribution >= 4 is 34.9 Å². The highest BCUT2D eigenvalue weighted by atomic mass is 32.2. The summed E-state index contributed by atoms with van der Waals surface area (Å²) < 4.78 is 0. The van der Waals surface area contributed by atoms with Crippen LogP contribution >= 0.6 is 34.9 Å². The van der Waals surface area contributed by atoms with Crippen LogP contribution in [0.15, 0.2) is 12.1 Å². The fraction of sp³-hybridized carbons (Fsp3) is 0.692. The average molecular weight is 288 g/mol. The van der Waals surface area contributed by atoms with Gasteiger partial charge in [0.15, 0.2) is 0 Å². The molecule has 1 aromatic rings. The lowest BCUT2D eigenvalue weighted by Gasteiger charge is -2.29. The molecule has 4 heteroatoms. The molecule has 1 N–H and O–H groups in total. The normalized spacial score (nSPS) is 22.6. The van der Waals surface area contributed by atoms with Gasteiger partial charge in [-0.2, -0.15) is 23.5 Å². The lowest BCUT2D eigenvalue weighted by atomic mass is 10.1. The largest absolute Gasteiger partial charge is 0.308 e. The van der Waals surface area contributed by atoms with Crippen LogP contribution in [0.3, 0.4) is 0 Å². The average Bonchev–Trinajstić information content (AvgIpc) is 2.78. The highest BCUT2D eigenvalue weighted by molar-refractivity contribution is 8.06. The van der Waals surface area contributed by atoms with Crippen LogP contribution in [0.5, 0.6) is 0 Å². The molecule has 1 aliphatic rings. The van der Waals surface area contributed by atoms with Crippen LogP contribution in [0.2, 0.25) is 0 Å².